The fourth-order valence-corrected chi connectivity index (χ4v) is 2.23. The van der Waals surface area contributed by atoms with Crippen molar-refractivity contribution in [2.24, 2.45) is 11.0 Å². The van der Waals surface area contributed by atoms with E-state index in [4.69, 9.17) is 5.53 Å². The number of hydrogen-bond donors (Lipinski definition) is 0. The molecule has 1 heterocycles. The van der Waals surface area contributed by atoms with Gasteiger partial charge in [0.2, 0.25) is 0 Å². The third-order valence-corrected chi connectivity index (χ3v) is 3.27. The minimum atomic E-state index is 0.619. The van der Waals surface area contributed by atoms with Crippen LogP contribution in [-0.4, -0.2) is 56.6 Å². The molecule has 0 aromatic rings. The summed E-state index contributed by atoms with van der Waals surface area (Å²) in [6.45, 7) is 5.30. The summed E-state index contributed by atoms with van der Waals surface area (Å²) >= 11 is 0. The van der Waals surface area contributed by atoms with Crippen molar-refractivity contribution in [2.45, 2.75) is 19.3 Å². The first-order valence-electron chi connectivity index (χ1n) is 6.10. The predicted octanol–water partition coefficient (Wildman–Crippen LogP) is 1.96. The standard InChI is InChI=1S/C11H23N5/c1-15-8-4-11(5-9-15)10-16(2)7-3-6-13-14-12/h11H,3-10H2,1-2H3. The first kappa shape index (κ1) is 13.3. The van der Waals surface area contributed by atoms with Crippen LogP contribution in [-0.2, 0) is 0 Å². The Balaban J connectivity index is 2.09. The van der Waals surface area contributed by atoms with Crippen LogP contribution in [0.3, 0.4) is 0 Å². The topological polar surface area (TPSA) is 55.2 Å². The quantitative estimate of drug-likeness (QED) is 0.300. The monoisotopic (exact) mass is 225 g/mol. The molecule has 0 aromatic heterocycles. The maximum atomic E-state index is 8.16. The largest absolute Gasteiger partial charge is 0.306 e. The molecule has 0 unspecified atom stereocenters. The van der Waals surface area contributed by atoms with E-state index in [0.717, 1.165) is 18.9 Å². The molecule has 1 fully saturated rings. The Morgan fingerprint density at radius 2 is 2.12 bits per heavy atom. The van der Waals surface area contributed by atoms with Gasteiger partial charge in [0.1, 0.15) is 0 Å². The summed E-state index contributed by atoms with van der Waals surface area (Å²) in [5.74, 6) is 0.848. The SMILES string of the molecule is CN1CCC(CN(C)CCCN=[N+]=[N-])CC1. The van der Waals surface area contributed by atoms with Crippen molar-refractivity contribution in [2.75, 3.05) is 46.8 Å². The van der Waals surface area contributed by atoms with Gasteiger partial charge in [-0.2, -0.15) is 0 Å². The van der Waals surface area contributed by atoms with E-state index in [0.29, 0.717) is 6.54 Å². The van der Waals surface area contributed by atoms with Gasteiger partial charge in [0.05, 0.1) is 0 Å². The van der Waals surface area contributed by atoms with Crippen LogP contribution < -0.4 is 0 Å². The molecule has 16 heavy (non-hydrogen) atoms. The van der Waals surface area contributed by atoms with E-state index in [9.17, 15) is 0 Å². The molecule has 0 amide bonds. The third-order valence-electron chi connectivity index (χ3n) is 3.27. The molecule has 0 atom stereocenters. The summed E-state index contributed by atoms with van der Waals surface area (Å²) in [6, 6.07) is 0. The van der Waals surface area contributed by atoms with Crippen molar-refractivity contribution in [3.8, 4) is 0 Å². The van der Waals surface area contributed by atoms with Gasteiger partial charge in [0, 0.05) is 18.0 Å². The Labute approximate surface area is 98.0 Å². The number of azide groups is 1. The van der Waals surface area contributed by atoms with Gasteiger partial charge in [-0.05, 0) is 64.4 Å². The van der Waals surface area contributed by atoms with E-state index in [1.54, 1.807) is 0 Å². The van der Waals surface area contributed by atoms with E-state index >= 15 is 0 Å². The maximum absolute atomic E-state index is 8.16. The van der Waals surface area contributed by atoms with Crippen molar-refractivity contribution in [3.63, 3.8) is 0 Å². The van der Waals surface area contributed by atoms with Crippen LogP contribution in [0.15, 0.2) is 5.11 Å². The summed E-state index contributed by atoms with van der Waals surface area (Å²) in [7, 11) is 4.36. The normalized spacial score (nSPS) is 18.7. The maximum Gasteiger partial charge on any atom is 0.0270 e. The highest BCUT2D eigenvalue weighted by Gasteiger charge is 2.17. The second-order valence-corrected chi connectivity index (χ2v) is 4.82. The molecule has 1 rings (SSSR count). The van der Waals surface area contributed by atoms with Crippen LogP contribution in [0.1, 0.15) is 19.3 Å². The molecule has 0 radical (unpaired) electrons. The third kappa shape index (κ3) is 5.35. The van der Waals surface area contributed by atoms with Crippen molar-refractivity contribution < 1.29 is 0 Å². The van der Waals surface area contributed by atoms with E-state index in [-0.39, 0.29) is 0 Å². The molecule has 0 saturated carbocycles. The molecule has 0 aliphatic carbocycles. The lowest BCUT2D eigenvalue weighted by Crippen LogP contribution is -2.36. The van der Waals surface area contributed by atoms with Gasteiger partial charge in [-0.25, -0.2) is 0 Å². The average Bonchev–Trinajstić information content (AvgIpc) is 2.28. The number of piperidine rings is 1. The second kappa shape index (κ2) is 7.49. The Bertz CT molecular complexity index is 229. The number of likely N-dealkylation sites (tertiary alicyclic amines) is 1. The van der Waals surface area contributed by atoms with Crippen LogP contribution in [0.4, 0.5) is 0 Å². The number of hydrogen-bond acceptors (Lipinski definition) is 3. The summed E-state index contributed by atoms with van der Waals surface area (Å²) in [5, 5.41) is 3.55. The van der Waals surface area contributed by atoms with Gasteiger partial charge < -0.3 is 9.80 Å². The lowest BCUT2D eigenvalue weighted by molar-refractivity contribution is 0.176. The van der Waals surface area contributed by atoms with Gasteiger partial charge in [-0.3, -0.25) is 0 Å². The van der Waals surface area contributed by atoms with Crippen molar-refractivity contribution >= 4 is 0 Å². The second-order valence-electron chi connectivity index (χ2n) is 4.82. The van der Waals surface area contributed by atoms with Crippen molar-refractivity contribution in [1.82, 2.24) is 9.80 Å². The van der Waals surface area contributed by atoms with E-state index in [1.165, 1.54) is 32.5 Å². The Morgan fingerprint density at radius 1 is 1.44 bits per heavy atom. The summed E-state index contributed by atoms with van der Waals surface area (Å²) in [5.41, 5.74) is 8.16. The number of nitrogens with zero attached hydrogens (tertiary/aromatic N) is 5. The van der Waals surface area contributed by atoms with Crippen molar-refractivity contribution in [3.05, 3.63) is 10.4 Å². The van der Waals surface area contributed by atoms with Gasteiger partial charge in [-0.15, -0.1) is 0 Å². The molecule has 0 bridgehead atoms. The van der Waals surface area contributed by atoms with Gasteiger partial charge in [0.25, 0.3) is 0 Å². The highest BCUT2D eigenvalue weighted by atomic mass is 15.1. The van der Waals surface area contributed by atoms with E-state index in [2.05, 4.69) is 33.9 Å². The fourth-order valence-electron chi connectivity index (χ4n) is 2.23. The zero-order valence-corrected chi connectivity index (χ0v) is 10.5. The van der Waals surface area contributed by atoms with Crippen LogP contribution >= 0.6 is 0 Å². The molecule has 1 aliphatic heterocycles. The first-order chi connectivity index (χ1) is 7.72. The van der Waals surface area contributed by atoms with E-state index in [1.807, 2.05) is 0 Å². The molecule has 0 aromatic carbocycles. The Morgan fingerprint density at radius 3 is 2.75 bits per heavy atom. The van der Waals surface area contributed by atoms with Crippen LogP contribution in [0, 0.1) is 5.92 Å². The molecule has 1 saturated heterocycles. The lowest BCUT2D eigenvalue weighted by atomic mass is 9.97. The fraction of sp³-hybridized carbons (Fsp3) is 1.00. The first-order valence-corrected chi connectivity index (χ1v) is 6.10. The number of rotatable bonds is 6. The highest BCUT2D eigenvalue weighted by molar-refractivity contribution is 4.72. The average molecular weight is 225 g/mol. The molecular weight excluding hydrogens is 202 g/mol. The van der Waals surface area contributed by atoms with E-state index < -0.39 is 0 Å². The molecule has 0 spiro atoms. The summed E-state index contributed by atoms with van der Waals surface area (Å²) < 4.78 is 0. The molecule has 0 N–H and O–H groups in total. The van der Waals surface area contributed by atoms with Gasteiger partial charge >= 0.3 is 0 Å². The molecule has 1 aliphatic rings. The smallest absolute Gasteiger partial charge is 0.0270 e. The molecular formula is C11H23N5. The minimum absolute atomic E-state index is 0.619. The predicted molar refractivity (Wildman–Crippen MR) is 66.3 cm³/mol. The summed E-state index contributed by atoms with van der Waals surface area (Å²) in [4.78, 5) is 7.52. The van der Waals surface area contributed by atoms with Crippen molar-refractivity contribution in [1.29, 1.82) is 0 Å². The Hall–Kier alpha value is -0.770. The molecule has 5 heteroatoms. The van der Waals surface area contributed by atoms with Crippen LogP contribution in [0.2, 0.25) is 0 Å². The molecule has 92 valence electrons. The summed E-state index contributed by atoms with van der Waals surface area (Å²) in [6.07, 6.45) is 3.60. The zero-order chi connectivity index (χ0) is 11.8. The van der Waals surface area contributed by atoms with Gasteiger partial charge in [0.15, 0.2) is 0 Å². The molecule has 5 nitrogen and oxygen atoms in total. The lowest BCUT2D eigenvalue weighted by Gasteiger charge is -2.31. The van der Waals surface area contributed by atoms with Gasteiger partial charge in [-0.1, -0.05) is 5.11 Å². The zero-order valence-electron chi connectivity index (χ0n) is 10.5. The highest BCUT2D eigenvalue weighted by Crippen LogP contribution is 2.16. The Kier molecular flexibility index (Phi) is 6.23. The minimum Gasteiger partial charge on any atom is -0.306 e. The van der Waals surface area contributed by atoms with Crippen LogP contribution in [0.25, 0.3) is 10.4 Å². The van der Waals surface area contributed by atoms with Crippen LogP contribution in [0.5, 0.6) is 0 Å².